The van der Waals surface area contributed by atoms with Crippen LogP contribution >= 0.6 is 0 Å². The van der Waals surface area contributed by atoms with Crippen molar-refractivity contribution >= 4 is 11.8 Å². The molecule has 1 spiro atoms. The third-order valence-corrected chi connectivity index (χ3v) is 7.45. The van der Waals surface area contributed by atoms with Gasteiger partial charge < -0.3 is 20.7 Å². The number of nitrogens with one attached hydrogen (secondary N) is 1. The second-order valence-corrected chi connectivity index (χ2v) is 9.48. The average Bonchev–Trinajstić information content (AvgIpc) is 3.61. The number of anilines is 1. The molecular weight excluding hydrogens is 430 g/mol. The molecule has 0 bridgehead atoms. The van der Waals surface area contributed by atoms with Crippen LogP contribution in [0.15, 0.2) is 36.7 Å². The van der Waals surface area contributed by atoms with Gasteiger partial charge in [-0.2, -0.15) is 5.10 Å². The molecule has 3 aliphatic rings. The number of hydrogen-bond acceptors (Lipinski definition) is 6. The molecule has 1 fully saturated rings. The first-order chi connectivity index (χ1) is 16.6. The number of nitrogens with zero attached hydrogens (tertiary/aromatic N) is 5. The molecule has 1 unspecified atom stereocenters. The second-order valence-electron chi connectivity index (χ2n) is 9.48. The predicted octanol–water partition coefficient (Wildman–Crippen LogP) is 3.07. The molecule has 6 rings (SSSR count). The van der Waals surface area contributed by atoms with Crippen molar-refractivity contribution in [2.45, 2.75) is 50.7 Å². The van der Waals surface area contributed by atoms with Gasteiger partial charge in [0.05, 0.1) is 11.4 Å². The molecule has 34 heavy (non-hydrogen) atoms. The van der Waals surface area contributed by atoms with Crippen LogP contribution in [0, 0.1) is 0 Å². The topological polar surface area (TPSA) is 111 Å². The Hall–Kier alpha value is -3.62. The maximum atomic E-state index is 12.4. The minimum Gasteiger partial charge on any atom is -0.480 e. The van der Waals surface area contributed by atoms with E-state index in [1.807, 2.05) is 24.0 Å². The van der Waals surface area contributed by atoms with Crippen molar-refractivity contribution in [1.82, 2.24) is 30.0 Å². The van der Waals surface area contributed by atoms with Crippen LogP contribution in [0.4, 0.5) is 10.6 Å². The Morgan fingerprint density at radius 3 is 3.06 bits per heavy atom. The number of fused-ring (bicyclic) bond motifs is 3. The van der Waals surface area contributed by atoms with E-state index in [0.717, 1.165) is 62.3 Å². The number of pyridine rings is 2. The maximum Gasteiger partial charge on any atom is 0.317 e. The summed E-state index contributed by atoms with van der Waals surface area (Å²) in [7, 11) is 0. The number of ether oxygens (including phenoxy) is 1. The minimum absolute atomic E-state index is 0.0186. The maximum absolute atomic E-state index is 12.4. The van der Waals surface area contributed by atoms with Crippen LogP contribution in [0.3, 0.4) is 0 Å². The van der Waals surface area contributed by atoms with Crippen LogP contribution < -0.4 is 15.8 Å². The number of rotatable bonds is 4. The van der Waals surface area contributed by atoms with Gasteiger partial charge in [-0.3, -0.25) is 9.67 Å². The summed E-state index contributed by atoms with van der Waals surface area (Å²) in [4.78, 5) is 23.2. The molecule has 1 aliphatic carbocycles. The molecular formula is C25H29N7O2. The summed E-state index contributed by atoms with van der Waals surface area (Å²) in [5.74, 6) is 0.928. The van der Waals surface area contributed by atoms with Crippen molar-refractivity contribution in [3.63, 3.8) is 0 Å². The summed E-state index contributed by atoms with van der Waals surface area (Å²) in [6, 6.07) is 8.16. The van der Waals surface area contributed by atoms with E-state index in [-0.39, 0.29) is 17.6 Å². The number of likely N-dealkylation sites (tertiary alicyclic amines) is 1. The molecule has 2 aliphatic heterocycles. The lowest BCUT2D eigenvalue weighted by Crippen LogP contribution is -2.40. The molecule has 3 N–H and O–H groups in total. The SMILES string of the molecule is CCNC(=O)N1CC[C@@]2(CCn3nc(-c4cnc(N)c(OC5CCc6cccnc65)c4)cc32)C1. The number of aryl methyl sites for hydroxylation is 2. The van der Waals surface area contributed by atoms with Crippen LogP contribution in [0.1, 0.15) is 49.2 Å². The van der Waals surface area contributed by atoms with Crippen molar-refractivity contribution in [2.24, 2.45) is 0 Å². The van der Waals surface area contributed by atoms with Gasteiger partial charge in [-0.1, -0.05) is 6.07 Å². The zero-order valence-electron chi connectivity index (χ0n) is 19.3. The Morgan fingerprint density at radius 2 is 2.18 bits per heavy atom. The summed E-state index contributed by atoms with van der Waals surface area (Å²) in [5.41, 5.74) is 11.3. The van der Waals surface area contributed by atoms with Gasteiger partial charge in [-0.15, -0.1) is 0 Å². The van der Waals surface area contributed by atoms with Gasteiger partial charge in [0.15, 0.2) is 11.6 Å². The Labute approximate surface area is 198 Å². The molecule has 0 aromatic carbocycles. The van der Waals surface area contributed by atoms with Gasteiger partial charge in [0, 0.05) is 55.2 Å². The van der Waals surface area contributed by atoms with E-state index in [2.05, 4.69) is 32.1 Å². The van der Waals surface area contributed by atoms with Crippen LogP contribution in [0.2, 0.25) is 0 Å². The van der Waals surface area contributed by atoms with Crippen molar-refractivity contribution < 1.29 is 9.53 Å². The van der Waals surface area contributed by atoms with Gasteiger partial charge in [0.1, 0.15) is 6.10 Å². The van der Waals surface area contributed by atoms with Crippen molar-refractivity contribution in [3.8, 4) is 17.0 Å². The third kappa shape index (κ3) is 3.38. The average molecular weight is 460 g/mol. The standard InChI is InChI=1S/C25H29N7O2/c1-2-27-24(33)31-10-7-25(15-31)8-11-32-21(25)13-18(30-32)17-12-20(23(26)29-14-17)34-19-6-5-16-4-3-9-28-22(16)19/h3-4,9,12-14,19H,2,5-8,10-11,15H2,1H3,(H2,26,29)(H,27,33)/t19?,25-/m1/s1. The monoisotopic (exact) mass is 459 g/mol. The van der Waals surface area contributed by atoms with E-state index < -0.39 is 0 Å². The van der Waals surface area contributed by atoms with Crippen LogP contribution in [0.5, 0.6) is 5.75 Å². The van der Waals surface area contributed by atoms with E-state index in [9.17, 15) is 4.79 Å². The normalized spacial score (nSPS) is 22.7. The zero-order chi connectivity index (χ0) is 23.3. The Bertz CT molecular complexity index is 1260. The molecule has 5 heterocycles. The van der Waals surface area contributed by atoms with Gasteiger partial charge in [0.2, 0.25) is 0 Å². The van der Waals surface area contributed by atoms with Crippen molar-refractivity contribution in [1.29, 1.82) is 0 Å². The van der Waals surface area contributed by atoms with Gasteiger partial charge in [0.25, 0.3) is 0 Å². The summed E-state index contributed by atoms with van der Waals surface area (Å²) in [5, 5.41) is 7.80. The lowest BCUT2D eigenvalue weighted by molar-refractivity contribution is 0.204. The lowest BCUT2D eigenvalue weighted by Gasteiger charge is -2.23. The quantitative estimate of drug-likeness (QED) is 0.620. The summed E-state index contributed by atoms with van der Waals surface area (Å²) in [6.45, 7) is 4.94. The summed E-state index contributed by atoms with van der Waals surface area (Å²) >= 11 is 0. The number of urea groups is 1. The highest BCUT2D eigenvalue weighted by Gasteiger charge is 2.46. The third-order valence-electron chi connectivity index (χ3n) is 7.45. The molecule has 0 radical (unpaired) electrons. The van der Waals surface area contributed by atoms with E-state index in [1.165, 1.54) is 11.3 Å². The molecule has 9 nitrogen and oxygen atoms in total. The number of nitrogens with two attached hydrogens (primary N) is 1. The zero-order valence-corrected chi connectivity index (χ0v) is 19.3. The van der Waals surface area contributed by atoms with Crippen LogP contribution in [-0.2, 0) is 18.4 Å². The highest BCUT2D eigenvalue weighted by molar-refractivity contribution is 5.75. The first-order valence-electron chi connectivity index (χ1n) is 12.0. The fraction of sp³-hybridized carbons (Fsp3) is 0.440. The van der Waals surface area contributed by atoms with Gasteiger partial charge in [-0.25, -0.2) is 9.78 Å². The van der Waals surface area contributed by atoms with Crippen molar-refractivity contribution in [2.75, 3.05) is 25.4 Å². The van der Waals surface area contributed by atoms with E-state index in [0.29, 0.717) is 18.1 Å². The molecule has 176 valence electrons. The largest absolute Gasteiger partial charge is 0.480 e. The van der Waals surface area contributed by atoms with Crippen LogP contribution in [-0.4, -0.2) is 50.3 Å². The van der Waals surface area contributed by atoms with Crippen molar-refractivity contribution in [3.05, 3.63) is 53.6 Å². The smallest absolute Gasteiger partial charge is 0.317 e. The first-order valence-corrected chi connectivity index (χ1v) is 12.0. The Kier molecular flexibility index (Phi) is 4.93. The second kappa shape index (κ2) is 8.00. The van der Waals surface area contributed by atoms with E-state index >= 15 is 0 Å². The number of carbonyl (C=O) groups excluding carboxylic acids is 1. The van der Waals surface area contributed by atoms with Gasteiger partial charge in [-0.05, 0) is 56.4 Å². The molecule has 2 atom stereocenters. The van der Waals surface area contributed by atoms with Crippen LogP contribution in [0.25, 0.3) is 11.3 Å². The summed E-state index contributed by atoms with van der Waals surface area (Å²) < 4.78 is 8.38. The summed E-state index contributed by atoms with van der Waals surface area (Å²) in [6.07, 6.45) is 7.22. The van der Waals surface area contributed by atoms with E-state index in [4.69, 9.17) is 15.6 Å². The molecule has 0 saturated carbocycles. The lowest BCUT2D eigenvalue weighted by atomic mass is 9.82. The van der Waals surface area contributed by atoms with E-state index in [1.54, 1.807) is 12.4 Å². The first kappa shape index (κ1) is 20.9. The predicted molar refractivity (Wildman–Crippen MR) is 127 cm³/mol. The molecule has 3 aromatic rings. The Balaban J connectivity index is 1.25. The highest BCUT2D eigenvalue weighted by Crippen LogP contribution is 2.44. The number of carbonyl (C=O) groups is 1. The number of nitrogen functional groups attached to an aromatic ring is 1. The minimum atomic E-state index is -0.121. The molecule has 9 heteroatoms. The molecule has 3 aromatic heterocycles. The molecule has 1 saturated heterocycles. The highest BCUT2D eigenvalue weighted by atomic mass is 16.5. The number of aromatic nitrogens is 4. The number of hydrogen-bond donors (Lipinski definition) is 2. The fourth-order valence-electron chi connectivity index (χ4n) is 5.66. The van der Waals surface area contributed by atoms with Gasteiger partial charge >= 0.3 is 6.03 Å². The number of amides is 2. The molecule has 2 amide bonds. The fourth-order valence-corrected chi connectivity index (χ4v) is 5.66. The Morgan fingerprint density at radius 1 is 1.29 bits per heavy atom.